The van der Waals surface area contributed by atoms with E-state index in [0.29, 0.717) is 19.0 Å². The molecule has 2 heterocycles. The minimum absolute atomic E-state index is 0.0190. The van der Waals surface area contributed by atoms with Gasteiger partial charge < -0.3 is 15.3 Å². The molecular formula is C11H18N2O3. The summed E-state index contributed by atoms with van der Waals surface area (Å²) in [5, 5.41) is 12.1. The van der Waals surface area contributed by atoms with Crippen LogP contribution in [0.4, 0.5) is 0 Å². The van der Waals surface area contributed by atoms with E-state index < -0.39 is 11.9 Å². The van der Waals surface area contributed by atoms with Crippen molar-refractivity contribution in [2.24, 2.45) is 5.92 Å². The van der Waals surface area contributed by atoms with Crippen molar-refractivity contribution in [3.63, 3.8) is 0 Å². The van der Waals surface area contributed by atoms with Crippen molar-refractivity contribution >= 4 is 11.9 Å². The first-order valence-corrected chi connectivity index (χ1v) is 5.91. The number of rotatable bonds is 2. The highest BCUT2D eigenvalue weighted by atomic mass is 16.4. The molecule has 0 aromatic heterocycles. The average molecular weight is 226 g/mol. The first-order valence-electron chi connectivity index (χ1n) is 5.91. The molecule has 0 bridgehead atoms. The van der Waals surface area contributed by atoms with Crippen LogP contribution < -0.4 is 5.32 Å². The molecular weight excluding hydrogens is 208 g/mol. The van der Waals surface area contributed by atoms with E-state index in [1.165, 1.54) is 0 Å². The predicted molar refractivity (Wildman–Crippen MR) is 58.0 cm³/mol. The van der Waals surface area contributed by atoms with Crippen LogP contribution in [-0.4, -0.2) is 47.6 Å². The molecule has 2 aliphatic rings. The number of amides is 1. The van der Waals surface area contributed by atoms with Gasteiger partial charge in [-0.1, -0.05) is 0 Å². The Bertz CT molecular complexity index is 287. The molecule has 0 radical (unpaired) electrons. The Labute approximate surface area is 94.8 Å². The molecule has 2 aliphatic heterocycles. The van der Waals surface area contributed by atoms with E-state index in [2.05, 4.69) is 5.32 Å². The molecule has 16 heavy (non-hydrogen) atoms. The van der Waals surface area contributed by atoms with Crippen LogP contribution in [0.15, 0.2) is 0 Å². The Hall–Kier alpha value is -1.10. The van der Waals surface area contributed by atoms with Gasteiger partial charge in [0, 0.05) is 19.0 Å². The maximum atomic E-state index is 11.9. The second kappa shape index (κ2) is 4.82. The number of hydrogen-bond acceptors (Lipinski definition) is 3. The molecule has 2 fully saturated rings. The normalized spacial score (nSPS) is 28.1. The third kappa shape index (κ3) is 2.35. The van der Waals surface area contributed by atoms with Crippen LogP contribution in [0.5, 0.6) is 0 Å². The van der Waals surface area contributed by atoms with E-state index in [-0.39, 0.29) is 12.3 Å². The Morgan fingerprint density at radius 2 is 2.00 bits per heavy atom. The topological polar surface area (TPSA) is 69.6 Å². The van der Waals surface area contributed by atoms with Crippen molar-refractivity contribution in [1.82, 2.24) is 10.2 Å². The predicted octanol–water partition coefficient (Wildman–Crippen LogP) is 0.0616. The van der Waals surface area contributed by atoms with Crippen molar-refractivity contribution in [1.29, 1.82) is 0 Å². The molecule has 0 spiro atoms. The smallest absolute Gasteiger partial charge is 0.307 e. The molecule has 0 aromatic rings. The van der Waals surface area contributed by atoms with Gasteiger partial charge in [-0.3, -0.25) is 9.59 Å². The highest BCUT2D eigenvalue weighted by Gasteiger charge is 2.34. The first kappa shape index (κ1) is 11.4. The molecule has 1 atom stereocenters. The lowest BCUT2D eigenvalue weighted by Gasteiger charge is -2.38. The lowest BCUT2D eigenvalue weighted by atomic mass is 9.93. The van der Waals surface area contributed by atoms with Crippen molar-refractivity contribution in [2.45, 2.75) is 31.7 Å². The van der Waals surface area contributed by atoms with Crippen LogP contribution in [0.3, 0.4) is 0 Å². The summed E-state index contributed by atoms with van der Waals surface area (Å²) in [6, 6.07) is 0.323. The lowest BCUT2D eigenvalue weighted by Crippen LogP contribution is -2.50. The van der Waals surface area contributed by atoms with Crippen LogP contribution in [0.25, 0.3) is 0 Å². The summed E-state index contributed by atoms with van der Waals surface area (Å²) in [4.78, 5) is 24.5. The summed E-state index contributed by atoms with van der Waals surface area (Å²) in [5.41, 5.74) is 0. The van der Waals surface area contributed by atoms with E-state index >= 15 is 0 Å². The number of hydrogen-bond donors (Lipinski definition) is 2. The molecule has 90 valence electrons. The molecule has 1 amide bonds. The molecule has 5 nitrogen and oxygen atoms in total. The summed E-state index contributed by atoms with van der Waals surface area (Å²) < 4.78 is 0. The SMILES string of the molecule is O=C(O)C1CCN(C2CCNCC2)C(=O)C1. The number of piperidine rings is 2. The fourth-order valence-corrected chi connectivity index (χ4v) is 2.57. The standard InChI is InChI=1S/C11H18N2O3/c14-10-7-8(11(15)16)3-6-13(10)9-1-4-12-5-2-9/h8-9,12H,1-7H2,(H,15,16). The van der Waals surface area contributed by atoms with Gasteiger partial charge in [-0.15, -0.1) is 0 Å². The Kier molecular flexibility index (Phi) is 3.43. The van der Waals surface area contributed by atoms with Crippen LogP contribution >= 0.6 is 0 Å². The van der Waals surface area contributed by atoms with Crippen molar-refractivity contribution in [2.75, 3.05) is 19.6 Å². The zero-order chi connectivity index (χ0) is 11.5. The number of carbonyl (C=O) groups is 2. The second-order valence-electron chi connectivity index (χ2n) is 4.60. The summed E-state index contributed by atoms with van der Waals surface area (Å²) >= 11 is 0. The molecule has 0 aliphatic carbocycles. The molecule has 5 heteroatoms. The van der Waals surface area contributed by atoms with Gasteiger partial charge in [0.2, 0.25) is 5.91 Å². The molecule has 2 saturated heterocycles. The average Bonchev–Trinajstić information content (AvgIpc) is 2.30. The van der Waals surface area contributed by atoms with Gasteiger partial charge >= 0.3 is 5.97 Å². The van der Waals surface area contributed by atoms with Gasteiger partial charge in [0.05, 0.1) is 5.92 Å². The number of carboxylic acids is 1. The van der Waals surface area contributed by atoms with E-state index in [0.717, 1.165) is 25.9 Å². The maximum Gasteiger partial charge on any atom is 0.307 e. The zero-order valence-electron chi connectivity index (χ0n) is 9.32. The molecule has 0 saturated carbocycles. The van der Waals surface area contributed by atoms with Crippen LogP contribution in [0.1, 0.15) is 25.7 Å². The summed E-state index contributed by atoms with van der Waals surface area (Å²) in [6.45, 7) is 2.52. The largest absolute Gasteiger partial charge is 0.481 e. The minimum atomic E-state index is -0.835. The van der Waals surface area contributed by atoms with Crippen molar-refractivity contribution in [3.8, 4) is 0 Å². The van der Waals surface area contributed by atoms with E-state index in [1.54, 1.807) is 0 Å². The number of nitrogens with one attached hydrogen (secondary N) is 1. The lowest BCUT2D eigenvalue weighted by molar-refractivity contribution is -0.151. The van der Waals surface area contributed by atoms with Crippen molar-refractivity contribution in [3.05, 3.63) is 0 Å². The highest BCUT2D eigenvalue weighted by Crippen LogP contribution is 2.23. The van der Waals surface area contributed by atoms with Gasteiger partial charge in [-0.05, 0) is 32.4 Å². The Morgan fingerprint density at radius 3 is 2.56 bits per heavy atom. The van der Waals surface area contributed by atoms with E-state index in [4.69, 9.17) is 5.11 Å². The van der Waals surface area contributed by atoms with Gasteiger partial charge in [0.15, 0.2) is 0 Å². The van der Waals surface area contributed by atoms with Crippen LogP contribution in [0.2, 0.25) is 0 Å². The van der Waals surface area contributed by atoms with Gasteiger partial charge in [0.25, 0.3) is 0 Å². The third-order valence-electron chi connectivity index (χ3n) is 3.56. The van der Waals surface area contributed by atoms with E-state index in [1.807, 2.05) is 4.90 Å². The monoisotopic (exact) mass is 226 g/mol. The quantitative estimate of drug-likeness (QED) is 0.698. The summed E-state index contributed by atoms with van der Waals surface area (Å²) in [5.74, 6) is -1.28. The van der Waals surface area contributed by atoms with Gasteiger partial charge in [-0.2, -0.15) is 0 Å². The number of aliphatic carboxylic acids is 1. The van der Waals surface area contributed by atoms with Gasteiger partial charge in [-0.25, -0.2) is 0 Å². The number of likely N-dealkylation sites (tertiary alicyclic amines) is 1. The summed E-state index contributed by atoms with van der Waals surface area (Å²) in [7, 11) is 0. The van der Waals surface area contributed by atoms with Gasteiger partial charge in [0.1, 0.15) is 0 Å². The highest BCUT2D eigenvalue weighted by molar-refractivity contribution is 5.83. The molecule has 2 rings (SSSR count). The first-order chi connectivity index (χ1) is 7.68. The molecule has 1 unspecified atom stereocenters. The molecule has 2 N–H and O–H groups in total. The molecule has 0 aromatic carbocycles. The van der Waals surface area contributed by atoms with Crippen molar-refractivity contribution < 1.29 is 14.7 Å². The van der Waals surface area contributed by atoms with E-state index in [9.17, 15) is 9.59 Å². The fourth-order valence-electron chi connectivity index (χ4n) is 2.57. The zero-order valence-corrected chi connectivity index (χ0v) is 9.32. The minimum Gasteiger partial charge on any atom is -0.481 e. The number of carbonyl (C=O) groups excluding carboxylic acids is 1. The summed E-state index contributed by atoms with van der Waals surface area (Å²) in [6.07, 6.45) is 2.76. The second-order valence-corrected chi connectivity index (χ2v) is 4.60. The third-order valence-corrected chi connectivity index (χ3v) is 3.56. The number of carboxylic acid groups (broad SMARTS) is 1. The van der Waals surface area contributed by atoms with Crippen LogP contribution in [0, 0.1) is 5.92 Å². The fraction of sp³-hybridized carbons (Fsp3) is 0.818. The van der Waals surface area contributed by atoms with Crippen LogP contribution in [-0.2, 0) is 9.59 Å². The Morgan fingerprint density at radius 1 is 1.31 bits per heavy atom. The Balaban J connectivity index is 1.93. The maximum absolute atomic E-state index is 11.9. The number of nitrogens with zero attached hydrogens (tertiary/aromatic N) is 1.